The highest BCUT2D eigenvalue weighted by Crippen LogP contribution is 2.14. The average molecular weight is 250 g/mol. The maximum absolute atomic E-state index is 10.8. The Balaban J connectivity index is 1.76. The Morgan fingerprint density at radius 3 is 2.67 bits per heavy atom. The van der Waals surface area contributed by atoms with E-state index in [4.69, 9.17) is 4.74 Å². The Kier molecular flexibility index (Phi) is 4.73. The fourth-order valence-electron chi connectivity index (χ4n) is 2.29. The standard InChI is InChI=1S/C14H20N2O2/c1-15-6-8-16(9-7-15)10-11-18-14-5-3-2-4-13(14)12-17/h2-5,12H,6-11H2,1H3/p+2. The lowest BCUT2D eigenvalue weighted by Crippen LogP contribution is -3.27. The summed E-state index contributed by atoms with van der Waals surface area (Å²) < 4.78 is 5.70. The number of carbonyl (C=O) groups excluding carboxylic acids is 1. The van der Waals surface area contributed by atoms with Crippen LogP contribution in [0, 0.1) is 0 Å². The van der Waals surface area contributed by atoms with Crippen molar-refractivity contribution in [1.29, 1.82) is 0 Å². The molecule has 0 radical (unpaired) electrons. The maximum atomic E-state index is 10.8. The van der Waals surface area contributed by atoms with Gasteiger partial charge in [-0.3, -0.25) is 4.79 Å². The molecule has 0 amide bonds. The summed E-state index contributed by atoms with van der Waals surface area (Å²) in [6, 6.07) is 7.39. The summed E-state index contributed by atoms with van der Waals surface area (Å²) in [5, 5.41) is 0. The van der Waals surface area contributed by atoms with E-state index < -0.39 is 0 Å². The van der Waals surface area contributed by atoms with E-state index in [0.29, 0.717) is 17.9 Å². The number of para-hydroxylation sites is 1. The number of rotatable bonds is 5. The van der Waals surface area contributed by atoms with Crippen LogP contribution in [0.4, 0.5) is 0 Å². The smallest absolute Gasteiger partial charge is 0.153 e. The average Bonchev–Trinajstić information content (AvgIpc) is 2.41. The van der Waals surface area contributed by atoms with E-state index in [2.05, 4.69) is 7.05 Å². The third-order valence-corrected chi connectivity index (χ3v) is 3.57. The molecule has 18 heavy (non-hydrogen) atoms. The van der Waals surface area contributed by atoms with Gasteiger partial charge in [-0.05, 0) is 12.1 Å². The summed E-state index contributed by atoms with van der Waals surface area (Å²) in [5.74, 6) is 0.701. The zero-order valence-electron chi connectivity index (χ0n) is 10.9. The number of piperazine rings is 1. The zero-order valence-corrected chi connectivity index (χ0v) is 10.9. The molecular weight excluding hydrogens is 228 g/mol. The van der Waals surface area contributed by atoms with E-state index in [9.17, 15) is 4.79 Å². The zero-order chi connectivity index (χ0) is 12.8. The summed E-state index contributed by atoms with van der Waals surface area (Å²) in [7, 11) is 2.24. The van der Waals surface area contributed by atoms with Crippen molar-refractivity contribution in [2.45, 2.75) is 0 Å². The lowest BCUT2D eigenvalue weighted by Gasteiger charge is -2.27. The van der Waals surface area contributed by atoms with Crippen molar-refractivity contribution in [3.8, 4) is 5.75 Å². The molecule has 1 saturated heterocycles. The minimum Gasteiger partial charge on any atom is -0.487 e. The fourth-order valence-corrected chi connectivity index (χ4v) is 2.29. The van der Waals surface area contributed by atoms with Gasteiger partial charge in [0.15, 0.2) is 6.29 Å². The first kappa shape index (κ1) is 13.1. The Morgan fingerprint density at radius 2 is 1.94 bits per heavy atom. The number of hydrogen-bond acceptors (Lipinski definition) is 2. The summed E-state index contributed by atoms with van der Waals surface area (Å²) in [6.07, 6.45) is 0.849. The quantitative estimate of drug-likeness (QED) is 0.611. The van der Waals surface area contributed by atoms with Gasteiger partial charge in [-0.1, -0.05) is 12.1 Å². The van der Waals surface area contributed by atoms with Crippen molar-refractivity contribution in [2.75, 3.05) is 46.4 Å². The highest BCUT2D eigenvalue weighted by molar-refractivity contribution is 5.79. The van der Waals surface area contributed by atoms with Gasteiger partial charge in [0.1, 0.15) is 45.1 Å². The van der Waals surface area contributed by atoms with Gasteiger partial charge >= 0.3 is 0 Å². The summed E-state index contributed by atoms with van der Waals surface area (Å²) in [4.78, 5) is 14.1. The van der Waals surface area contributed by atoms with Gasteiger partial charge < -0.3 is 14.5 Å². The second-order valence-electron chi connectivity index (χ2n) is 4.96. The van der Waals surface area contributed by atoms with Gasteiger partial charge in [-0.15, -0.1) is 0 Å². The number of likely N-dealkylation sites (N-methyl/N-ethyl adjacent to an activating group) is 1. The van der Waals surface area contributed by atoms with Crippen molar-refractivity contribution in [1.82, 2.24) is 0 Å². The van der Waals surface area contributed by atoms with Crippen LogP contribution in [0.1, 0.15) is 10.4 Å². The number of benzene rings is 1. The molecule has 4 heteroatoms. The predicted molar refractivity (Wildman–Crippen MR) is 69.5 cm³/mol. The molecule has 0 spiro atoms. The van der Waals surface area contributed by atoms with Gasteiger partial charge in [-0.25, -0.2) is 0 Å². The van der Waals surface area contributed by atoms with Crippen LogP contribution in [0.3, 0.4) is 0 Å². The maximum Gasteiger partial charge on any atom is 0.153 e. The van der Waals surface area contributed by atoms with Crippen LogP contribution in [0.5, 0.6) is 5.75 Å². The van der Waals surface area contributed by atoms with E-state index in [1.54, 1.807) is 15.9 Å². The highest BCUT2D eigenvalue weighted by atomic mass is 16.5. The molecule has 0 bridgehead atoms. The number of hydrogen-bond donors (Lipinski definition) is 2. The molecule has 0 atom stereocenters. The molecule has 1 fully saturated rings. The third kappa shape index (κ3) is 3.55. The number of aldehydes is 1. The predicted octanol–water partition coefficient (Wildman–Crippen LogP) is -1.71. The van der Waals surface area contributed by atoms with Crippen molar-refractivity contribution >= 4 is 6.29 Å². The van der Waals surface area contributed by atoms with Crippen LogP contribution in [0.15, 0.2) is 24.3 Å². The molecule has 2 N–H and O–H groups in total. The first-order chi connectivity index (χ1) is 8.79. The largest absolute Gasteiger partial charge is 0.487 e. The second kappa shape index (κ2) is 6.52. The first-order valence-electron chi connectivity index (χ1n) is 6.61. The number of quaternary nitrogens is 2. The molecule has 98 valence electrons. The molecule has 1 aromatic carbocycles. The summed E-state index contributed by atoms with van der Waals surface area (Å²) in [6.45, 7) is 6.59. The molecule has 2 rings (SSSR count). The van der Waals surface area contributed by atoms with E-state index >= 15 is 0 Å². The van der Waals surface area contributed by atoms with Gasteiger partial charge in [-0.2, -0.15) is 0 Å². The van der Waals surface area contributed by atoms with Crippen molar-refractivity contribution in [3.63, 3.8) is 0 Å². The Labute approximate surface area is 108 Å². The van der Waals surface area contributed by atoms with E-state index in [-0.39, 0.29) is 0 Å². The first-order valence-corrected chi connectivity index (χ1v) is 6.61. The fraction of sp³-hybridized carbons (Fsp3) is 0.500. The van der Waals surface area contributed by atoms with Crippen molar-refractivity contribution in [2.24, 2.45) is 0 Å². The van der Waals surface area contributed by atoms with Crippen molar-refractivity contribution < 1.29 is 19.3 Å². The molecular formula is C14H22N2O2+2. The lowest BCUT2D eigenvalue weighted by molar-refractivity contribution is -1.00. The van der Waals surface area contributed by atoms with Gasteiger partial charge in [0, 0.05) is 0 Å². The number of ether oxygens (including phenoxy) is 1. The minimum atomic E-state index is 0.635. The summed E-state index contributed by atoms with van der Waals surface area (Å²) in [5.41, 5.74) is 0.635. The van der Waals surface area contributed by atoms with E-state index in [1.807, 2.05) is 18.2 Å². The molecule has 1 aliphatic rings. The molecule has 1 aliphatic heterocycles. The number of nitrogens with one attached hydrogen (secondary N) is 2. The van der Waals surface area contributed by atoms with Crippen LogP contribution in [-0.2, 0) is 0 Å². The Morgan fingerprint density at radius 1 is 1.22 bits per heavy atom. The topological polar surface area (TPSA) is 35.2 Å². The molecule has 0 unspecified atom stereocenters. The third-order valence-electron chi connectivity index (χ3n) is 3.57. The van der Waals surface area contributed by atoms with Crippen LogP contribution < -0.4 is 14.5 Å². The normalized spacial score (nSPS) is 23.6. The van der Waals surface area contributed by atoms with Gasteiger partial charge in [0.05, 0.1) is 12.6 Å². The number of carbonyl (C=O) groups is 1. The van der Waals surface area contributed by atoms with Gasteiger partial charge in [0.25, 0.3) is 0 Å². The highest BCUT2D eigenvalue weighted by Gasteiger charge is 2.19. The Bertz CT molecular complexity index is 387. The molecule has 4 nitrogen and oxygen atoms in total. The molecule has 0 aliphatic carbocycles. The lowest BCUT2D eigenvalue weighted by atomic mass is 10.2. The van der Waals surface area contributed by atoms with Crippen LogP contribution in [-0.4, -0.2) is 52.7 Å². The van der Waals surface area contributed by atoms with Gasteiger partial charge in [0.2, 0.25) is 0 Å². The van der Waals surface area contributed by atoms with Crippen LogP contribution >= 0.6 is 0 Å². The minimum absolute atomic E-state index is 0.635. The second-order valence-corrected chi connectivity index (χ2v) is 4.96. The van der Waals surface area contributed by atoms with E-state index in [0.717, 1.165) is 12.8 Å². The van der Waals surface area contributed by atoms with Crippen LogP contribution in [0.25, 0.3) is 0 Å². The monoisotopic (exact) mass is 250 g/mol. The Hall–Kier alpha value is -1.39. The molecule has 1 aromatic rings. The molecule has 1 heterocycles. The summed E-state index contributed by atoms with van der Waals surface area (Å²) >= 11 is 0. The molecule has 0 saturated carbocycles. The van der Waals surface area contributed by atoms with Crippen molar-refractivity contribution in [3.05, 3.63) is 29.8 Å². The van der Waals surface area contributed by atoms with Crippen LogP contribution in [0.2, 0.25) is 0 Å². The SMILES string of the molecule is C[NH+]1CC[NH+](CCOc2ccccc2C=O)CC1. The molecule has 0 aromatic heterocycles. The van der Waals surface area contributed by atoms with E-state index in [1.165, 1.54) is 26.2 Å².